The van der Waals surface area contributed by atoms with Crippen LogP contribution in [-0.2, 0) is 6.42 Å². The van der Waals surface area contributed by atoms with Crippen LogP contribution in [0.3, 0.4) is 0 Å². The van der Waals surface area contributed by atoms with E-state index >= 15 is 0 Å². The molecule has 3 N–H and O–H groups in total. The maximum Gasteiger partial charge on any atom is 0.271 e. The Bertz CT molecular complexity index is 638. The summed E-state index contributed by atoms with van der Waals surface area (Å²) in [6.07, 6.45) is 0.698. The molecule has 1 aromatic carbocycles. The number of nitrogens with zero attached hydrogens (tertiary/aromatic N) is 1. The Morgan fingerprint density at radius 3 is 2.61 bits per heavy atom. The van der Waals surface area contributed by atoms with Crippen molar-refractivity contribution in [1.82, 2.24) is 10.3 Å². The predicted molar refractivity (Wildman–Crippen MR) is 92.9 cm³/mol. The second-order valence-corrected chi connectivity index (χ2v) is 6.58. The number of carbonyl (C=O) groups is 1. The Hall–Kier alpha value is -1.92. The quantitative estimate of drug-likeness (QED) is 0.817. The highest BCUT2D eigenvalue weighted by Gasteiger charge is 2.20. The number of thiazole rings is 1. The molecule has 23 heavy (non-hydrogen) atoms. The lowest BCUT2D eigenvalue weighted by molar-refractivity contribution is 0.0921. The second kappa shape index (κ2) is 8.08. The van der Waals surface area contributed by atoms with Crippen molar-refractivity contribution in [3.63, 3.8) is 0 Å². The highest BCUT2D eigenvalue weighted by atomic mass is 32.1. The van der Waals surface area contributed by atoms with E-state index in [9.17, 15) is 4.79 Å². The molecule has 0 aliphatic rings. The number of rotatable bonds is 7. The molecule has 2 aromatic rings. The average molecular weight is 333 g/mol. The molecule has 1 unspecified atom stereocenters. The van der Waals surface area contributed by atoms with Crippen LogP contribution in [0.2, 0.25) is 0 Å². The van der Waals surface area contributed by atoms with E-state index in [4.69, 9.17) is 10.5 Å². The van der Waals surface area contributed by atoms with E-state index in [-0.39, 0.29) is 17.9 Å². The van der Waals surface area contributed by atoms with Gasteiger partial charge in [-0.15, -0.1) is 11.3 Å². The van der Waals surface area contributed by atoms with Crippen molar-refractivity contribution in [2.24, 2.45) is 11.7 Å². The molecular weight excluding hydrogens is 310 g/mol. The van der Waals surface area contributed by atoms with Gasteiger partial charge in [-0.3, -0.25) is 4.79 Å². The van der Waals surface area contributed by atoms with Gasteiger partial charge in [-0.2, -0.15) is 0 Å². The van der Waals surface area contributed by atoms with Gasteiger partial charge in [0.15, 0.2) is 0 Å². The van der Waals surface area contributed by atoms with Crippen LogP contribution in [0, 0.1) is 5.92 Å². The zero-order valence-corrected chi connectivity index (χ0v) is 14.5. The van der Waals surface area contributed by atoms with Crippen molar-refractivity contribution >= 4 is 17.2 Å². The lowest BCUT2D eigenvalue weighted by atomic mass is 9.96. The van der Waals surface area contributed by atoms with Crippen molar-refractivity contribution in [2.75, 3.05) is 13.7 Å². The minimum Gasteiger partial charge on any atom is -0.497 e. The first-order valence-corrected chi connectivity index (χ1v) is 8.52. The molecular formula is C17H23N3O2S. The molecule has 0 saturated carbocycles. The monoisotopic (exact) mass is 333 g/mol. The van der Waals surface area contributed by atoms with E-state index in [0.29, 0.717) is 18.7 Å². The number of ether oxygens (including phenoxy) is 1. The van der Waals surface area contributed by atoms with Gasteiger partial charge in [0, 0.05) is 11.8 Å². The normalized spacial score (nSPS) is 12.2. The summed E-state index contributed by atoms with van der Waals surface area (Å²) in [5.74, 6) is 0.905. The maximum atomic E-state index is 12.5. The Morgan fingerprint density at radius 1 is 1.35 bits per heavy atom. The molecule has 0 spiro atoms. The first kappa shape index (κ1) is 17.4. The van der Waals surface area contributed by atoms with Crippen LogP contribution in [0.1, 0.15) is 40.9 Å². The number of amides is 1. The fourth-order valence-electron chi connectivity index (χ4n) is 2.31. The van der Waals surface area contributed by atoms with Gasteiger partial charge in [-0.05, 0) is 30.2 Å². The molecule has 6 heteroatoms. The maximum absolute atomic E-state index is 12.5. The summed E-state index contributed by atoms with van der Waals surface area (Å²) in [5, 5.41) is 5.75. The highest BCUT2D eigenvalue weighted by molar-refractivity contribution is 7.09. The SMILES string of the molecule is COc1ccc(C(NC(=O)c2csc(CCN)n2)C(C)C)cc1. The summed E-state index contributed by atoms with van der Waals surface area (Å²) < 4.78 is 5.18. The molecule has 0 aliphatic heterocycles. The van der Waals surface area contributed by atoms with Gasteiger partial charge in [0.05, 0.1) is 18.2 Å². The Labute approximate surface area is 140 Å². The second-order valence-electron chi connectivity index (χ2n) is 5.63. The smallest absolute Gasteiger partial charge is 0.271 e. The molecule has 0 saturated heterocycles. The van der Waals surface area contributed by atoms with Crippen LogP contribution in [0.4, 0.5) is 0 Å². The minimum absolute atomic E-state index is 0.0759. The number of benzene rings is 1. The van der Waals surface area contributed by atoms with E-state index in [1.165, 1.54) is 11.3 Å². The number of hydrogen-bond acceptors (Lipinski definition) is 5. The Morgan fingerprint density at radius 2 is 2.04 bits per heavy atom. The zero-order valence-electron chi connectivity index (χ0n) is 13.7. The molecule has 0 aliphatic carbocycles. The summed E-state index contributed by atoms with van der Waals surface area (Å²) >= 11 is 1.47. The number of aromatic nitrogens is 1. The van der Waals surface area contributed by atoms with Crippen molar-refractivity contribution in [3.8, 4) is 5.75 Å². The van der Waals surface area contributed by atoms with Gasteiger partial charge in [0.25, 0.3) is 5.91 Å². The van der Waals surface area contributed by atoms with Crippen LogP contribution in [0.25, 0.3) is 0 Å². The average Bonchev–Trinajstić information content (AvgIpc) is 3.01. The third-order valence-corrected chi connectivity index (χ3v) is 4.48. The van der Waals surface area contributed by atoms with Gasteiger partial charge in [-0.1, -0.05) is 26.0 Å². The van der Waals surface area contributed by atoms with Crippen LogP contribution in [0.5, 0.6) is 5.75 Å². The Balaban J connectivity index is 2.12. The van der Waals surface area contributed by atoms with Crippen molar-refractivity contribution < 1.29 is 9.53 Å². The lowest BCUT2D eigenvalue weighted by Crippen LogP contribution is -2.32. The molecule has 0 radical (unpaired) electrons. The van der Waals surface area contributed by atoms with Crippen molar-refractivity contribution in [3.05, 3.63) is 45.9 Å². The molecule has 1 amide bonds. The first-order chi connectivity index (χ1) is 11.0. The van der Waals surface area contributed by atoms with Gasteiger partial charge >= 0.3 is 0 Å². The van der Waals surface area contributed by atoms with Crippen LogP contribution >= 0.6 is 11.3 Å². The summed E-state index contributed by atoms with van der Waals surface area (Å²) in [7, 11) is 1.64. The van der Waals surface area contributed by atoms with Crippen LogP contribution < -0.4 is 15.8 Å². The summed E-state index contributed by atoms with van der Waals surface area (Å²) in [6, 6.07) is 7.68. The number of methoxy groups -OCH3 is 1. The highest BCUT2D eigenvalue weighted by Crippen LogP contribution is 2.24. The van der Waals surface area contributed by atoms with E-state index < -0.39 is 0 Å². The van der Waals surface area contributed by atoms with Gasteiger partial charge in [-0.25, -0.2) is 4.98 Å². The molecule has 1 heterocycles. The molecule has 1 aromatic heterocycles. The number of nitrogens with two attached hydrogens (primary N) is 1. The summed E-state index contributed by atoms with van der Waals surface area (Å²) in [6.45, 7) is 4.70. The third-order valence-electron chi connectivity index (χ3n) is 3.57. The fourth-order valence-corrected chi connectivity index (χ4v) is 3.11. The van der Waals surface area contributed by atoms with Crippen molar-refractivity contribution in [1.29, 1.82) is 0 Å². The Kier molecular flexibility index (Phi) is 6.12. The van der Waals surface area contributed by atoms with Gasteiger partial charge < -0.3 is 15.8 Å². The largest absolute Gasteiger partial charge is 0.497 e. The van der Waals surface area contributed by atoms with E-state index in [1.54, 1.807) is 12.5 Å². The van der Waals surface area contributed by atoms with Gasteiger partial charge in [0.1, 0.15) is 11.4 Å². The standard InChI is InChI=1S/C17H23N3O2S/c1-11(2)16(12-4-6-13(22-3)7-5-12)20-17(21)14-10-23-15(19-14)8-9-18/h4-7,10-11,16H,8-9,18H2,1-3H3,(H,20,21). The van der Waals surface area contributed by atoms with Crippen LogP contribution in [-0.4, -0.2) is 24.5 Å². The summed E-state index contributed by atoms with van der Waals surface area (Å²) in [4.78, 5) is 16.8. The molecule has 2 rings (SSSR count). The molecule has 5 nitrogen and oxygen atoms in total. The number of carbonyl (C=O) groups excluding carboxylic acids is 1. The molecule has 0 bridgehead atoms. The van der Waals surface area contributed by atoms with Crippen molar-refractivity contribution in [2.45, 2.75) is 26.3 Å². The lowest BCUT2D eigenvalue weighted by Gasteiger charge is -2.22. The number of hydrogen-bond donors (Lipinski definition) is 2. The molecule has 124 valence electrons. The van der Waals surface area contributed by atoms with E-state index in [0.717, 1.165) is 16.3 Å². The van der Waals surface area contributed by atoms with Gasteiger partial charge in [0.2, 0.25) is 0 Å². The fraction of sp³-hybridized carbons (Fsp3) is 0.412. The minimum atomic E-state index is -0.154. The number of nitrogens with one attached hydrogen (secondary N) is 1. The summed E-state index contributed by atoms with van der Waals surface area (Å²) in [5.41, 5.74) is 7.03. The van der Waals surface area contributed by atoms with Crippen LogP contribution in [0.15, 0.2) is 29.6 Å². The topological polar surface area (TPSA) is 77.2 Å². The first-order valence-electron chi connectivity index (χ1n) is 7.64. The van der Waals surface area contributed by atoms with E-state index in [1.807, 2.05) is 24.3 Å². The predicted octanol–water partition coefficient (Wildman–Crippen LogP) is 2.78. The zero-order chi connectivity index (χ0) is 16.8. The van der Waals surface area contributed by atoms with E-state index in [2.05, 4.69) is 24.1 Å². The molecule has 0 fully saturated rings. The third kappa shape index (κ3) is 4.53. The molecule has 1 atom stereocenters.